The van der Waals surface area contributed by atoms with Crippen molar-refractivity contribution < 1.29 is 4.74 Å². The van der Waals surface area contributed by atoms with Gasteiger partial charge in [-0.25, -0.2) is 11.1 Å². The second kappa shape index (κ2) is 16.8. The third-order valence-corrected chi connectivity index (χ3v) is 9.70. The SMILES string of the molecule is C=C/C=C\C(C)C1Oc2ccc(-c3ccc(-c4cccc5c4-c4ccccc4C5(C)C)cc3)cc21.Cc1ccccc1.N=N.NC1=CCCC=C1. The molecule has 8 rings (SSSR count). The van der Waals surface area contributed by atoms with Gasteiger partial charge in [0.1, 0.15) is 11.9 Å². The minimum atomic E-state index is 0.0182. The standard InChI is InChI=1S/C34H30O.C7H8.C6H9N.H2N2/c1-5-6-10-22(2)33-28-21-25(19-20-31(28)35-33)23-15-17-24(18-16-23)26-12-9-14-30-32(26)27-11-7-8-13-29(27)34(30,3)4;1-7-5-3-2-4-6-7;7-6-4-2-1-3-5-6;1-2/h5-22,33H,1H2,2-4H3;2-6H,1H3;2,4-5H,1,3,7H2;1-2H/b10-6-;;;. The van der Waals surface area contributed by atoms with Crippen LogP contribution in [0.25, 0.3) is 33.4 Å². The van der Waals surface area contributed by atoms with E-state index in [9.17, 15) is 0 Å². The predicted octanol–water partition coefficient (Wildman–Crippen LogP) is 12.9. The Bertz CT molecular complexity index is 2040. The molecule has 0 amide bonds. The molecule has 1 heterocycles. The Morgan fingerprint density at radius 2 is 1.43 bits per heavy atom. The van der Waals surface area contributed by atoms with Crippen molar-refractivity contribution in [3.8, 4) is 39.1 Å². The lowest BCUT2D eigenvalue weighted by atomic mass is 9.82. The summed E-state index contributed by atoms with van der Waals surface area (Å²) in [6.45, 7) is 12.7. The van der Waals surface area contributed by atoms with Crippen LogP contribution in [-0.4, -0.2) is 0 Å². The number of ether oxygens (including phenoxy) is 1. The highest BCUT2D eigenvalue weighted by atomic mass is 16.5. The highest BCUT2D eigenvalue weighted by Crippen LogP contribution is 2.52. The van der Waals surface area contributed by atoms with Gasteiger partial charge in [-0.15, -0.1) is 0 Å². The molecule has 0 spiro atoms. The van der Waals surface area contributed by atoms with Crippen molar-refractivity contribution >= 4 is 0 Å². The lowest BCUT2D eigenvalue weighted by molar-refractivity contribution is 0.112. The molecule has 0 aromatic heterocycles. The first-order chi connectivity index (χ1) is 24.8. The highest BCUT2D eigenvalue weighted by molar-refractivity contribution is 5.92. The number of fused-ring (bicyclic) bond motifs is 4. The van der Waals surface area contributed by atoms with Crippen molar-refractivity contribution in [1.29, 1.82) is 11.1 Å². The summed E-state index contributed by atoms with van der Waals surface area (Å²) in [7, 11) is 0. The monoisotopic (exact) mass is 671 g/mol. The van der Waals surface area contributed by atoms with Crippen LogP contribution in [0.3, 0.4) is 0 Å². The van der Waals surface area contributed by atoms with E-state index in [0.717, 1.165) is 24.3 Å². The summed E-state index contributed by atoms with van der Waals surface area (Å²) < 4.78 is 6.01. The molecule has 0 saturated carbocycles. The number of allylic oxidation sites excluding steroid dienone is 5. The maximum atomic E-state index is 6.01. The summed E-state index contributed by atoms with van der Waals surface area (Å²) in [5, 5.41) is 0. The summed E-state index contributed by atoms with van der Waals surface area (Å²) in [6.07, 6.45) is 14.4. The lowest BCUT2D eigenvalue weighted by Gasteiger charge is -2.34. The molecule has 4 nitrogen and oxygen atoms in total. The average molecular weight is 672 g/mol. The number of aryl methyl sites for hydroxylation is 1. The molecule has 0 fully saturated rings. The number of rotatable bonds is 5. The maximum absolute atomic E-state index is 6.01. The highest BCUT2D eigenvalue weighted by Gasteiger charge is 2.36. The molecule has 258 valence electrons. The van der Waals surface area contributed by atoms with E-state index < -0.39 is 0 Å². The molecule has 4 N–H and O–H groups in total. The number of benzene rings is 5. The van der Waals surface area contributed by atoms with Gasteiger partial charge >= 0.3 is 0 Å². The van der Waals surface area contributed by atoms with Crippen LogP contribution in [-0.2, 0) is 5.41 Å². The first-order valence-electron chi connectivity index (χ1n) is 17.6. The summed E-state index contributed by atoms with van der Waals surface area (Å²) in [6, 6.07) is 41.4. The smallest absolute Gasteiger partial charge is 0.133 e. The first-order valence-corrected chi connectivity index (χ1v) is 17.6. The van der Waals surface area contributed by atoms with E-state index in [0.29, 0.717) is 5.92 Å². The molecular formula is C47H49N3O. The normalized spacial score (nSPS) is 16.0. The molecule has 3 aliphatic rings. The number of nitrogens with one attached hydrogen (secondary N) is 2. The molecule has 5 aromatic carbocycles. The van der Waals surface area contributed by atoms with Crippen molar-refractivity contribution in [3.05, 3.63) is 186 Å². The van der Waals surface area contributed by atoms with Crippen LogP contribution in [0.2, 0.25) is 0 Å². The van der Waals surface area contributed by atoms with Crippen LogP contribution in [0.4, 0.5) is 0 Å². The van der Waals surface area contributed by atoms with Gasteiger partial charge in [-0.1, -0.05) is 166 Å². The Balaban J connectivity index is 0.000000260. The fourth-order valence-corrected chi connectivity index (χ4v) is 6.95. The zero-order chi connectivity index (χ0) is 36.4. The van der Waals surface area contributed by atoms with Crippen molar-refractivity contribution in [3.63, 3.8) is 0 Å². The largest absolute Gasteiger partial charge is 0.485 e. The third kappa shape index (κ3) is 8.19. The molecule has 2 aliphatic carbocycles. The van der Waals surface area contributed by atoms with Crippen molar-refractivity contribution in [1.82, 2.24) is 0 Å². The first kappa shape index (κ1) is 36.5. The average Bonchev–Trinajstić information content (AvgIpc) is 3.39. The van der Waals surface area contributed by atoms with E-state index in [4.69, 9.17) is 21.5 Å². The van der Waals surface area contributed by atoms with Crippen LogP contribution in [0.1, 0.15) is 62.0 Å². The zero-order valence-electron chi connectivity index (χ0n) is 30.2. The number of hydrogen-bond donors (Lipinski definition) is 3. The Labute approximate surface area is 304 Å². The van der Waals surface area contributed by atoms with Crippen molar-refractivity contribution in [2.24, 2.45) is 11.7 Å². The topological polar surface area (TPSA) is 83.0 Å². The minimum absolute atomic E-state index is 0.0182. The van der Waals surface area contributed by atoms with Gasteiger partial charge in [-0.2, -0.15) is 0 Å². The summed E-state index contributed by atoms with van der Waals surface area (Å²) >= 11 is 0. The Kier molecular flexibility index (Phi) is 12.0. The van der Waals surface area contributed by atoms with E-state index in [1.54, 1.807) is 0 Å². The van der Waals surface area contributed by atoms with Crippen LogP contribution >= 0.6 is 0 Å². The lowest BCUT2D eigenvalue weighted by Crippen LogP contribution is -2.24. The van der Waals surface area contributed by atoms with E-state index >= 15 is 0 Å². The number of hydrogen-bond acceptors (Lipinski definition) is 4. The molecular weight excluding hydrogens is 623 g/mol. The fourth-order valence-electron chi connectivity index (χ4n) is 6.95. The summed E-state index contributed by atoms with van der Waals surface area (Å²) in [5.74, 6) is 1.31. The fraction of sp³-hybridized carbons (Fsp3) is 0.191. The molecule has 5 aromatic rings. The van der Waals surface area contributed by atoms with Crippen LogP contribution in [0.5, 0.6) is 5.75 Å². The van der Waals surface area contributed by atoms with Crippen LogP contribution < -0.4 is 10.5 Å². The summed E-state index contributed by atoms with van der Waals surface area (Å²) in [4.78, 5) is 0. The van der Waals surface area contributed by atoms with E-state index in [2.05, 4.69) is 143 Å². The number of nitrogens with two attached hydrogens (primary N) is 1. The molecule has 4 heteroatoms. The second-order valence-electron chi connectivity index (χ2n) is 13.6. The van der Waals surface area contributed by atoms with Gasteiger partial charge in [0, 0.05) is 22.6 Å². The van der Waals surface area contributed by atoms with Gasteiger partial charge in [0.05, 0.1) is 0 Å². The molecule has 2 atom stereocenters. The Morgan fingerprint density at radius 3 is 2.06 bits per heavy atom. The van der Waals surface area contributed by atoms with E-state index in [1.165, 1.54) is 55.6 Å². The molecule has 1 aliphatic heterocycles. The quantitative estimate of drug-likeness (QED) is 0.128. The third-order valence-electron chi connectivity index (χ3n) is 9.70. The molecule has 51 heavy (non-hydrogen) atoms. The van der Waals surface area contributed by atoms with Gasteiger partial charge in [0.2, 0.25) is 0 Å². The van der Waals surface area contributed by atoms with Crippen LogP contribution in [0.15, 0.2) is 164 Å². The van der Waals surface area contributed by atoms with Gasteiger partial charge in [0.25, 0.3) is 0 Å². The van der Waals surface area contributed by atoms with Crippen LogP contribution in [0, 0.1) is 23.9 Å². The second-order valence-corrected chi connectivity index (χ2v) is 13.6. The maximum Gasteiger partial charge on any atom is 0.133 e. The van der Waals surface area contributed by atoms with Gasteiger partial charge in [-0.05, 0) is 82.5 Å². The van der Waals surface area contributed by atoms with E-state index in [-0.39, 0.29) is 11.5 Å². The van der Waals surface area contributed by atoms with Gasteiger partial charge < -0.3 is 10.5 Å². The molecule has 0 saturated heterocycles. The molecule has 0 radical (unpaired) electrons. The van der Waals surface area contributed by atoms with Crippen molar-refractivity contribution in [2.45, 2.75) is 52.1 Å². The van der Waals surface area contributed by atoms with E-state index in [1.807, 2.05) is 42.5 Å². The summed E-state index contributed by atoms with van der Waals surface area (Å²) in [5.41, 5.74) is 29.5. The molecule has 2 unspecified atom stereocenters. The zero-order valence-corrected chi connectivity index (χ0v) is 30.2. The molecule has 0 bridgehead atoms. The Hall–Kier alpha value is -5.74. The van der Waals surface area contributed by atoms with Crippen molar-refractivity contribution in [2.75, 3.05) is 0 Å². The Morgan fingerprint density at radius 1 is 0.784 bits per heavy atom. The van der Waals surface area contributed by atoms with Gasteiger partial charge in [0.15, 0.2) is 0 Å². The van der Waals surface area contributed by atoms with Gasteiger partial charge in [-0.3, -0.25) is 0 Å². The predicted molar refractivity (Wildman–Crippen MR) is 214 cm³/mol. The minimum Gasteiger partial charge on any atom is -0.485 e.